The summed E-state index contributed by atoms with van der Waals surface area (Å²) in [5, 5.41) is 0. The van der Waals surface area contributed by atoms with Crippen molar-refractivity contribution in [3.63, 3.8) is 0 Å². The third kappa shape index (κ3) is 6.18. The highest BCUT2D eigenvalue weighted by Crippen LogP contribution is 2.29. The summed E-state index contributed by atoms with van der Waals surface area (Å²) in [5.41, 5.74) is -0.143. The van der Waals surface area contributed by atoms with E-state index in [9.17, 15) is 31.5 Å². The molecule has 2 aromatic rings. The van der Waals surface area contributed by atoms with Crippen LogP contribution >= 0.6 is 0 Å². The molecule has 5 nitrogen and oxygen atoms in total. The molecule has 0 aromatic heterocycles. The van der Waals surface area contributed by atoms with Crippen LogP contribution in [-0.2, 0) is 9.47 Å². The molecular formula is C22H21F5O5. The van der Waals surface area contributed by atoms with Gasteiger partial charge in [0.2, 0.25) is 29.1 Å². The molecule has 2 rings (SSSR count). The minimum atomic E-state index is -2.31. The van der Waals surface area contributed by atoms with E-state index < -0.39 is 60.0 Å². The van der Waals surface area contributed by atoms with Gasteiger partial charge in [0.15, 0.2) is 5.75 Å². The number of esters is 2. The maximum Gasteiger partial charge on any atom is 0.339 e. The molecule has 0 spiro atoms. The molecule has 0 aliphatic carbocycles. The van der Waals surface area contributed by atoms with Crippen molar-refractivity contribution in [3.8, 4) is 5.75 Å². The lowest BCUT2D eigenvalue weighted by Gasteiger charge is -2.12. The Hall–Kier alpha value is -3.17. The molecule has 0 saturated heterocycles. The van der Waals surface area contributed by atoms with Gasteiger partial charge >= 0.3 is 11.9 Å². The normalized spacial score (nSPS) is 10.7. The highest BCUT2D eigenvalue weighted by atomic mass is 19.2. The van der Waals surface area contributed by atoms with Crippen LogP contribution in [-0.4, -0.2) is 31.8 Å². The summed E-state index contributed by atoms with van der Waals surface area (Å²) in [6, 6.07) is 5.70. The largest absolute Gasteiger partial charge is 0.484 e. The van der Waals surface area contributed by atoms with Gasteiger partial charge in [-0.25, -0.2) is 22.8 Å². The predicted molar refractivity (Wildman–Crippen MR) is 103 cm³/mol. The van der Waals surface area contributed by atoms with Crippen LogP contribution in [0.15, 0.2) is 24.3 Å². The number of unbranched alkanes of at least 4 members (excludes halogenated alkanes) is 3. The van der Waals surface area contributed by atoms with E-state index in [1.165, 1.54) is 24.3 Å². The molecule has 0 aliphatic rings. The second-order valence-electron chi connectivity index (χ2n) is 6.63. The van der Waals surface area contributed by atoms with Crippen LogP contribution in [0.2, 0.25) is 0 Å². The number of benzene rings is 2. The SMILES string of the molecule is CCCCCCOC(=O)c1ccccc1C(=O)OCCOc1c(F)c(F)c(F)c(F)c1F. The van der Waals surface area contributed by atoms with Crippen LogP contribution in [0.3, 0.4) is 0 Å². The number of rotatable bonds is 11. The fraction of sp³-hybridized carbons (Fsp3) is 0.364. The first-order chi connectivity index (χ1) is 15.3. The summed E-state index contributed by atoms with van der Waals surface area (Å²) in [5.74, 6) is -14.1. The number of carbonyl (C=O) groups excluding carboxylic acids is 2. The highest BCUT2D eigenvalue weighted by Gasteiger charge is 2.27. The van der Waals surface area contributed by atoms with Crippen LogP contribution in [0.5, 0.6) is 5.75 Å². The second-order valence-corrected chi connectivity index (χ2v) is 6.63. The topological polar surface area (TPSA) is 61.8 Å². The lowest BCUT2D eigenvalue weighted by atomic mass is 10.1. The maximum absolute atomic E-state index is 13.6. The maximum atomic E-state index is 13.6. The zero-order valence-corrected chi connectivity index (χ0v) is 17.2. The van der Waals surface area contributed by atoms with Crippen molar-refractivity contribution in [1.29, 1.82) is 0 Å². The first-order valence-corrected chi connectivity index (χ1v) is 9.87. The first-order valence-electron chi connectivity index (χ1n) is 9.87. The van der Waals surface area contributed by atoms with Gasteiger partial charge in [-0.1, -0.05) is 38.3 Å². The van der Waals surface area contributed by atoms with E-state index in [4.69, 9.17) is 9.47 Å². The Morgan fingerprint density at radius 3 is 1.72 bits per heavy atom. The van der Waals surface area contributed by atoms with Crippen molar-refractivity contribution < 1.29 is 45.8 Å². The Labute approximate surface area is 181 Å². The average Bonchev–Trinajstić information content (AvgIpc) is 2.80. The number of ether oxygens (including phenoxy) is 3. The van der Waals surface area contributed by atoms with E-state index >= 15 is 0 Å². The zero-order valence-electron chi connectivity index (χ0n) is 17.2. The molecule has 0 N–H and O–H groups in total. The van der Waals surface area contributed by atoms with Crippen molar-refractivity contribution in [2.45, 2.75) is 32.6 Å². The number of hydrogen-bond donors (Lipinski definition) is 0. The first kappa shape index (κ1) is 25.1. The molecule has 2 aromatic carbocycles. The molecule has 0 aliphatic heterocycles. The summed E-state index contributed by atoms with van der Waals surface area (Å²) in [6.45, 7) is 0.951. The smallest absolute Gasteiger partial charge is 0.339 e. The lowest BCUT2D eigenvalue weighted by Crippen LogP contribution is -2.17. The van der Waals surface area contributed by atoms with E-state index in [-0.39, 0.29) is 17.7 Å². The van der Waals surface area contributed by atoms with E-state index in [0.29, 0.717) is 6.42 Å². The third-order valence-electron chi connectivity index (χ3n) is 4.33. The van der Waals surface area contributed by atoms with E-state index in [0.717, 1.165) is 19.3 Å². The van der Waals surface area contributed by atoms with Crippen LogP contribution in [0.25, 0.3) is 0 Å². The van der Waals surface area contributed by atoms with Gasteiger partial charge < -0.3 is 14.2 Å². The Bertz CT molecular complexity index is 935. The monoisotopic (exact) mass is 460 g/mol. The molecule has 174 valence electrons. The summed E-state index contributed by atoms with van der Waals surface area (Å²) in [7, 11) is 0. The van der Waals surface area contributed by atoms with Crippen LogP contribution in [0.1, 0.15) is 53.3 Å². The highest BCUT2D eigenvalue weighted by molar-refractivity contribution is 6.03. The van der Waals surface area contributed by atoms with E-state index in [1.807, 2.05) is 6.92 Å². The lowest BCUT2D eigenvalue weighted by molar-refractivity contribution is 0.0418. The Kier molecular flexibility index (Phi) is 9.42. The summed E-state index contributed by atoms with van der Waals surface area (Å²) in [6.07, 6.45) is 3.61. The molecule has 0 atom stereocenters. The molecule has 0 amide bonds. The Morgan fingerprint density at radius 2 is 1.19 bits per heavy atom. The molecule has 0 saturated carbocycles. The molecular weight excluding hydrogens is 439 g/mol. The van der Waals surface area contributed by atoms with Crippen molar-refractivity contribution in [1.82, 2.24) is 0 Å². The van der Waals surface area contributed by atoms with Crippen LogP contribution < -0.4 is 4.74 Å². The van der Waals surface area contributed by atoms with Gasteiger partial charge in [0.1, 0.15) is 13.2 Å². The molecule has 10 heteroatoms. The summed E-state index contributed by atoms with van der Waals surface area (Å²) < 4.78 is 81.1. The zero-order chi connectivity index (χ0) is 23.7. The standard InChI is InChI=1S/C22H21F5O5/c1-2-3-4-7-10-31-21(28)13-8-5-6-9-14(13)22(29)32-12-11-30-20-18(26)16(24)15(23)17(25)19(20)27/h5-6,8-9H,2-4,7,10-12H2,1H3. The van der Waals surface area contributed by atoms with Gasteiger partial charge in [0.05, 0.1) is 17.7 Å². The van der Waals surface area contributed by atoms with Crippen molar-refractivity contribution in [3.05, 3.63) is 64.5 Å². The van der Waals surface area contributed by atoms with Gasteiger partial charge in [0.25, 0.3) is 0 Å². The van der Waals surface area contributed by atoms with Crippen LogP contribution in [0, 0.1) is 29.1 Å². The van der Waals surface area contributed by atoms with E-state index in [1.54, 1.807) is 0 Å². The van der Waals surface area contributed by atoms with Crippen LogP contribution in [0.4, 0.5) is 22.0 Å². The Balaban J connectivity index is 1.94. The molecule has 0 radical (unpaired) electrons. The second kappa shape index (κ2) is 12.0. The van der Waals surface area contributed by atoms with Gasteiger partial charge in [-0.2, -0.15) is 8.78 Å². The van der Waals surface area contributed by atoms with Gasteiger partial charge in [-0.3, -0.25) is 0 Å². The predicted octanol–water partition coefficient (Wildman–Crippen LogP) is 5.36. The number of carbonyl (C=O) groups is 2. The minimum Gasteiger partial charge on any atom is -0.484 e. The molecule has 0 heterocycles. The fourth-order valence-corrected chi connectivity index (χ4v) is 2.68. The van der Waals surface area contributed by atoms with Gasteiger partial charge in [-0.05, 0) is 18.6 Å². The average molecular weight is 460 g/mol. The molecule has 0 unspecified atom stereocenters. The van der Waals surface area contributed by atoms with Gasteiger partial charge in [0, 0.05) is 0 Å². The summed E-state index contributed by atoms with van der Waals surface area (Å²) in [4.78, 5) is 24.5. The van der Waals surface area contributed by atoms with Gasteiger partial charge in [-0.15, -0.1) is 0 Å². The molecule has 32 heavy (non-hydrogen) atoms. The summed E-state index contributed by atoms with van der Waals surface area (Å²) >= 11 is 0. The third-order valence-corrected chi connectivity index (χ3v) is 4.33. The van der Waals surface area contributed by atoms with Crippen molar-refractivity contribution >= 4 is 11.9 Å². The number of halogens is 5. The molecule has 0 bridgehead atoms. The fourth-order valence-electron chi connectivity index (χ4n) is 2.68. The quantitative estimate of drug-likeness (QED) is 0.149. The van der Waals surface area contributed by atoms with Crippen molar-refractivity contribution in [2.24, 2.45) is 0 Å². The Morgan fingerprint density at radius 1 is 0.688 bits per heavy atom. The number of hydrogen-bond acceptors (Lipinski definition) is 5. The minimum absolute atomic E-state index is 0.0336. The molecule has 0 fully saturated rings. The van der Waals surface area contributed by atoms with Crippen molar-refractivity contribution in [2.75, 3.05) is 19.8 Å². The van der Waals surface area contributed by atoms with E-state index in [2.05, 4.69) is 4.74 Å².